The fraction of sp³-hybridized carbons (Fsp3) is 0.158. The number of phenolic OH excluding ortho intramolecular Hbond substituents is 1. The first-order valence-electron chi connectivity index (χ1n) is 7.61. The second kappa shape index (κ2) is 7.11. The van der Waals surface area contributed by atoms with Crippen LogP contribution in [0, 0.1) is 0 Å². The van der Waals surface area contributed by atoms with Gasteiger partial charge in [-0.25, -0.2) is 0 Å². The monoisotopic (exact) mass is 402 g/mol. The van der Waals surface area contributed by atoms with Gasteiger partial charge in [-0.1, -0.05) is 15.9 Å². The van der Waals surface area contributed by atoms with Crippen molar-refractivity contribution in [3.63, 3.8) is 0 Å². The highest BCUT2D eigenvalue weighted by Crippen LogP contribution is 2.31. The number of ether oxygens (including phenoxy) is 1. The van der Waals surface area contributed by atoms with Crippen molar-refractivity contribution in [1.29, 1.82) is 0 Å². The van der Waals surface area contributed by atoms with E-state index < -0.39 is 0 Å². The van der Waals surface area contributed by atoms with Crippen molar-refractivity contribution in [2.45, 2.75) is 12.8 Å². The summed E-state index contributed by atoms with van der Waals surface area (Å²) >= 11 is 3.34. The number of benzene rings is 2. The van der Waals surface area contributed by atoms with Gasteiger partial charge in [0.15, 0.2) is 5.76 Å². The molecule has 2 aromatic carbocycles. The number of aromatic hydroxyl groups is 1. The van der Waals surface area contributed by atoms with Crippen molar-refractivity contribution in [2.24, 2.45) is 0 Å². The molecule has 0 aliphatic rings. The first-order valence-corrected chi connectivity index (χ1v) is 8.40. The largest absolute Gasteiger partial charge is 0.508 e. The standard InChI is InChI=1S/C19H15BrO5/c1-24-17(22)9-8-15-14-7-6-13(21)10-16(14)25-19(15)18(23)11-2-4-12(20)5-3-11/h2-7,10,21H,8-9H2,1H3. The summed E-state index contributed by atoms with van der Waals surface area (Å²) in [4.78, 5) is 24.4. The molecule has 5 nitrogen and oxygen atoms in total. The normalized spacial score (nSPS) is 10.8. The minimum Gasteiger partial charge on any atom is -0.508 e. The lowest BCUT2D eigenvalue weighted by Gasteiger charge is -2.03. The Labute approximate surface area is 152 Å². The van der Waals surface area contributed by atoms with Crippen LogP contribution in [0.1, 0.15) is 28.1 Å². The zero-order valence-electron chi connectivity index (χ0n) is 13.4. The number of aryl methyl sites for hydroxylation is 1. The van der Waals surface area contributed by atoms with Gasteiger partial charge in [0.1, 0.15) is 11.3 Å². The lowest BCUT2D eigenvalue weighted by Crippen LogP contribution is -2.06. The minimum atomic E-state index is -0.366. The van der Waals surface area contributed by atoms with Crippen LogP contribution >= 0.6 is 15.9 Å². The number of rotatable bonds is 5. The first-order chi connectivity index (χ1) is 12.0. The van der Waals surface area contributed by atoms with Crippen molar-refractivity contribution in [3.8, 4) is 5.75 Å². The highest BCUT2D eigenvalue weighted by Gasteiger charge is 2.22. The van der Waals surface area contributed by atoms with Gasteiger partial charge in [0.05, 0.1) is 7.11 Å². The van der Waals surface area contributed by atoms with Gasteiger partial charge in [-0.05, 0) is 42.8 Å². The van der Waals surface area contributed by atoms with Gasteiger partial charge in [-0.3, -0.25) is 9.59 Å². The van der Waals surface area contributed by atoms with Gasteiger partial charge in [0.25, 0.3) is 0 Å². The van der Waals surface area contributed by atoms with Crippen LogP contribution in [-0.2, 0) is 16.0 Å². The predicted molar refractivity (Wildman–Crippen MR) is 95.8 cm³/mol. The van der Waals surface area contributed by atoms with E-state index in [4.69, 9.17) is 4.42 Å². The van der Waals surface area contributed by atoms with Crippen LogP contribution < -0.4 is 0 Å². The van der Waals surface area contributed by atoms with Gasteiger partial charge < -0.3 is 14.3 Å². The van der Waals surface area contributed by atoms with Crippen LogP contribution in [0.3, 0.4) is 0 Å². The maximum Gasteiger partial charge on any atom is 0.305 e. The van der Waals surface area contributed by atoms with Crippen LogP contribution in [0.2, 0.25) is 0 Å². The fourth-order valence-corrected chi connectivity index (χ4v) is 2.90. The molecule has 1 heterocycles. The molecule has 128 valence electrons. The lowest BCUT2D eigenvalue weighted by atomic mass is 10.0. The summed E-state index contributed by atoms with van der Waals surface area (Å²) in [5, 5.41) is 10.3. The average Bonchev–Trinajstić information content (AvgIpc) is 2.97. The van der Waals surface area contributed by atoms with Crippen LogP contribution in [0.25, 0.3) is 11.0 Å². The summed E-state index contributed by atoms with van der Waals surface area (Å²) in [6, 6.07) is 11.6. The fourth-order valence-electron chi connectivity index (χ4n) is 2.63. The van der Waals surface area contributed by atoms with Crippen LogP contribution in [0.15, 0.2) is 51.4 Å². The molecular formula is C19H15BrO5. The molecule has 3 rings (SSSR count). The number of hydrogen-bond donors (Lipinski definition) is 1. The van der Waals surface area contributed by atoms with E-state index in [9.17, 15) is 14.7 Å². The highest BCUT2D eigenvalue weighted by atomic mass is 79.9. The molecule has 0 aliphatic heterocycles. The highest BCUT2D eigenvalue weighted by molar-refractivity contribution is 9.10. The molecule has 1 N–H and O–H groups in total. The second-order valence-electron chi connectivity index (χ2n) is 5.50. The number of fused-ring (bicyclic) bond motifs is 1. The Hall–Kier alpha value is -2.60. The maximum absolute atomic E-state index is 12.9. The molecule has 25 heavy (non-hydrogen) atoms. The Kier molecular flexibility index (Phi) is 4.90. The van der Waals surface area contributed by atoms with Crippen molar-refractivity contribution >= 4 is 38.7 Å². The van der Waals surface area contributed by atoms with Crippen LogP contribution in [0.5, 0.6) is 5.75 Å². The summed E-state index contributed by atoms with van der Waals surface area (Å²) in [6.07, 6.45) is 0.439. The Morgan fingerprint density at radius 2 is 1.88 bits per heavy atom. The summed E-state index contributed by atoms with van der Waals surface area (Å²) in [7, 11) is 1.32. The number of hydrogen-bond acceptors (Lipinski definition) is 5. The topological polar surface area (TPSA) is 76.7 Å². The van der Waals surface area contributed by atoms with Gasteiger partial charge in [-0.15, -0.1) is 0 Å². The Bertz CT molecular complexity index is 940. The number of ketones is 1. The number of methoxy groups -OCH3 is 1. The van der Waals surface area contributed by atoms with Crippen LogP contribution in [-0.4, -0.2) is 24.0 Å². The van der Waals surface area contributed by atoms with Crippen molar-refractivity contribution in [1.82, 2.24) is 0 Å². The Balaban J connectivity index is 2.07. The molecule has 0 bridgehead atoms. The Morgan fingerprint density at radius 3 is 2.56 bits per heavy atom. The smallest absolute Gasteiger partial charge is 0.305 e. The molecule has 0 saturated carbocycles. The third-order valence-electron chi connectivity index (χ3n) is 3.90. The second-order valence-corrected chi connectivity index (χ2v) is 6.42. The van der Waals surface area contributed by atoms with Gasteiger partial charge in [-0.2, -0.15) is 0 Å². The SMILES string of the molecule is COC(=O)CCc1c(C(=O)c2ccc(Br)cc2)oc2cc(O)ccc12. The van der Waals surface area contributed by atoms with Gasteiger partial charge in [0, 0.05) is 33.5 Å². The van der Waals surface area contributed by atoms with E-state index in [-0.39, 0.29) is 29.7 Å². The van der Waals surface area contributed by atoms with Crippen molar-refractivity contribution in [3.05, 3.63) is 63.8 Å². The van der Waals surface area contributed by atoms with Crippen molar-refractivity contribution < 1.29 is 23.8 Å². The number of furan rings is 1. The summed E-state index contributed by atoms with van der Waals surface area (Å²) in [6.45, 7) is 0. The van der Waals surface area contributed by atoms with E-state index in [1.54, 1.807) is 30.3 Å². The number of halogens is 1. The number of carbonyl (C=O) groups is 2. The molecular weight excluding hydrogens is 388 g/mol. The molecule has 0 fully saturated rings. The van der Waals surface area contributed by atoms with E-state index in [0.29, 0.717) is 28.5 Å². The molecule has 0 atom stereocenters. The molecule has 0 amide bonds. The minimum absolute atomic E-state index is 0.0448. The summed E-state index contributed by atoms with van der Waals surface area (Å²) in [5.41, 5.74) is 1.51. The van der Waals surface area contributed by atoms with E-state index in [2.05, 4.69) is 20.7 Å². The third-order valence-corrected chi connectivity index (χ3v) is 4.42. The average molecular weight is 403 g/mol. The third kappa shape index (κ3) is 3.58. The maximum atomic E-state index is 12.9. The summed E-state index contributed by atoms with van der Waals surface area (Å²) in [5.74, 6) is -0.423. The van der Waals surface area contributed by atoms with E-state index in [0.717, 1.165) is 4.47 Å². The number of phenols is 1. The quantitative estimate of drug-likeness (QED) is 0.510. The molecule has 6 heteroatoms. The molecule has 3 aromatic rings. The van der Waals surface area contributed by atoms with Gasteiger partial charge >= 0.3 is 5.97 Å². The molecule has 0 spiro atoms. The van der Waals surface area contributed by atoms with E-state index in [1.165, 1.54) is 19.2 Å². The first kappa shape index (κ1) is 17.2. The van der Waals surface area contributed by atoms with Crippen molar-refractivity contribution in [2.75, 3.05) is 7.11 Å². The van der Waals surface area contributed by atoms with Crippen LogP contribution in [0.4, 0.5) is 0 Å². The summed E-state index contributed by atoms with van der Waals surface area (Å²) < 4.78 is 11.3. The molecule has 0 aliphatic carbocycles. The zero-order chi connectivity index (χ0) is 18.0. The molecule has 0 radical (unpaired) electrons. The van der Waals surface area contributed by atoms with Gasteiger partial charge in [0.2, 0.25) is 5.78 Å². The predicted octanol–water partition coefficient (Wildman–Crippen LogP) is 4.24. The zero-order valence-corrected chi connectivity index (χ0v) is 15.0. The number of esters is 1. The van der Waals surface area contributed by atoms with E-state index in [1.807, 2.05) is 0 Å². The molecule has 0 unspecified atom stereocenters. The van der Waals surface area contributed by atoms with E-state index >= 15 is 0 Å². The molecule has 0 saturated heterocycles. The lowest BCUT2D eigenvalue weighted by molar-refractivity contribution is -0.140. The molecule has 1 aromatic heterocycles. The Morgan fingerprint density at radius 1 is 1.16 bits per heavy atom. The number of carbonyl (C=O) groups excluding carboxylic acids is 2.